The molecule has 0 radical (unpaired) electrons. The summed E-state index contributed by atoms with van der Waals surface area (Å²) in [5.74, 6) is 0.932. The third kappa shape index (κ3) is 1.05. The maximum Gasteiger partial charge on any atom is 0.152 e. The van der Waals surface area contributed by atoms with Crippen LogP contribution in [0.15, 0.2) is 24.3 Å². The zero-order valence-electron chi connectivity index (χ0n) is 7.73. The second kappa shape index (κ2) is 2.94. The smallest absolute Gasteiger partial charge is 0.152 e. The maximum atomic E-state index is 5.63. The Morgan fingerprint density at radius 2 is 2.07 bits per heavy atom. The molecule has 2 heterocycles. The van der Waals surface area contributed by atoms with Crippen LogP contribution in [-0.2, 0) is 6.42 Å². The van der Waals surface area contributed by atoms with Crippen molar-refractivity contribution in [3.8, 4) is 5.75 Å². The second-order valence-corrected chi connectivity index (χ2v) is 3.44. The lowest BCUT2D eigenvalue weighted by Gasteiger charge is -2.16. The van der Waals surface area contributed by atoms with Crippen LogP contribution in [0.25, 0.3) is 10.9 Å². The average molecular weight is 186 g/mol. The molecule has 3 rings (SSSR count). The Hall–Kier alpha value is -1.64. The molecule has 0 aliphatic carbocycles. The van der Waals surface area contributed by atoms with Crippen LogP contribution in [0.4, 0.5) is 0 Å². The third-order valence-electron chi connectivity index (χ3n) is 2.49. The van der Waals surface area contributed by atoms with Gasteiger partial charge >= 0.3 is 0 Å². The summed E-state index contributed by atoms with van der Waals surface area (Å²) < 4.78 is 5.63. The van der Waals surface area contributed by atoms with Crippen LogP contribution in [0.2, 0.25) is 0 Å². The number of benzene rings is 1. The van der Waals surface area contributed by atoms with Crippen molar-refractivity contribution in [1.82, 2.24) is 10.2 Å². The minimum absolute atomic E-state index is 0.794. The van der Waals surface area contributed by atoms with Gasteiger partial charge in [0, 0.05) is 5.39 Å². The highest BCUT2D eigenvalue weighted by molar-refractivity contribution is 5.85. The van der Waals surface area contributed by atoms with Gasteiger partial charge in [-0.25, -0.2) is 0 Å². The molecule has 0 amide bonds. The van der Waals surface area contributed by atoms with Gasteiger partial charge in [0.2, 0.25) is 0 Å². The van der Waals surface area contributed by atoms with Crippen LogP contribution in [-0.4, -0.2) is 16.8 Å². The number of hydrogen-bond acceptors (Lipinski definition) is 3. The Kier molecular flexibility index (Phi) is 1.63. The van der Waals surface area contributed by atoms with Crippen molar-refractivity contribution in [2.75, 3.05) is 6.61 Å². The average Bonchev–Trinajstić information content (AvgIpc) is 2.29. The summed E-state index contributed by atoms with van der Waals surface area (Å²) in [5.41, 5.74) is 1.91. The molecule has 0 unspecified atom stereocenters. The van der Waals surface area contributed by atoms with E-state index >= 15 is 0 Å². The monoisotopic (exact) mass is 186 g/mol. The standard InChI is InChI=1S/C11H10N2O/c1-2-5-9-8(4-1)11-10(13-12-9)6-3-7-14-11/h1-2,4-5H,3,6-7H2. The van der Waals surface area contributed by atoms with E-state index in [0.29, 0.717) is 0 Å². The van der Waals surface area contributed by atoms with Gasteiger partial charge < -0.3 is 4.74 Å². The normalized spacial score (nSPS) is 14.9. The van der Waals surface area contributed by atoms with Crippen LogP contribution >= 0.6 is 0 Å². The zero-order valence-corrected chi connectivity index (χ0v) is 7.73. The summed E-state index contributed by atoms with van der Waals surface area (Å²) in [5, 5.41) is 9.42. The highest BCUT2D eigenvalue weighted by Gasteiger charge is 2.15. The fourth-order valence-corrected chi connectivity index (χ4v) is 1.81. The molecule has 0 saturated carbocycles. The van der Waals surface area contributed by atoms with E-state index < -0.39 is 0 Å². The molecule has 3 heteroatoms. The molecule has 0 saturated heterocycles. The first-order chi connectivity index (χ1) is 6.95. The first kappa shape index (κ1) is 7.74. The fourth-order valence-electron chi connectivity index (χ4n) is 1.81. The minimum Gasteiger partial charge on any atom is -0.491 e. The van der Waals surface area contributed by atoms with E-state index in [2.05, 4.69) is 10.2 Å². The Morgan fingerprint density at radius 1 is 1.14 bits per heavy atom. The van der Waals surface area contributed by atoms with E-state index in [1.54, 1.807) is 0 Å². The molecule has 0 bridgehead atoms. The molecule has 70 valence electrons. The van der Waals surface area contributed by atoms with E-state index in [1.807, 2.05) is 24.3 Å². The summed E-state index contributed by atoms with van der Waals surface area (Å²) in [6.45, 7) is 0.794. The van der Waals surface area contributed by atoms with Crippen LogP contribution in [0.1, 0.15) is 12.1 Å². The number of ether oxygens (including phenoxy) is 1. The van der Waals surface area contributed by atoms with Crippen molar-refractivity contribution in [2.45, 2.75) is 12.8 Å². The van der Waals surface area contributed by atoms with Crippen molar-refractivity contribution in [1.29, 1.82) is 0 Å². The second-order valence-electron chi connectivity index (χ2n) is 3.44. The molecule has 1 aliphatic rings. The largest absolute Gasteiger partial charge is 0.491 e. The number of aryl methyl sites for hydroxylation is 1. The molecule has 14 heavy (non-hydrogen) atoms. The number of nitrogens with zero attached hydrogens (tertiary/aromatic N) is 2. The Balaban J connectivity index is 2.34. The highest BCUT2D eigenvalue weighted by Crippen LogP contribution is 2.29. The lowest BCUT2D eigenvalue weighted by Crippen LogP contribution is -2.11. The third-order valence-corrected chi connectivity index (χ3v) is 2.49. The van der Waals surface area contributed by atoms with Gasteiger partial charge in [0.15, 0.2) is 5.75 Å². The van der Waals surface area contributed by atoms with Gasteiger partial charge in [-0.15, -0.1) is 5.10 Å². The van der Waals surface area contributed by atoms with Crippen LogP contribution in [0.3, 0.4) is 0 Å². The molecule has 0 spiro atoms. The van der Waals surface area contributed by atoms with Gasteiger partial charge in [-0.05, 0) is 25.0 Å². The first-order valence-electron chi connectivity index (χ1n) is 4.82. The van der Waals surface area contributed by atoms with Crippen LogP contribution < -0.4 is 4.74 Å². The van der Waals surface area contributed by atoms with Gasteiger partial charge in [-0.3, -0.25) is 0 Å². The van der Waals surface area contributed by atoms with E-state index in [9.17, 15) is 0 Å². The highest BCUT2D eigenvalue weighted by atomic mass is 16.5. The van der Waals surface area contributed by atoms with Crippen LogP contribution in [0, 0.1) is 0 Å². The summed E-state index contributed by atoms with van der Waals surface area (Å²) in [7, 11) is 0. The van der Waals surface area contributed by atoms with Crippen molar-refractivity contribution < 1.29 is 4.74 Å². The number of aromatic nitrogens is 2. The van der Waals surface area contributed by atoms with Gasteiger partial charge in [0.05, 0.1) is 12.1 Å². The quantitative estimate of drug-likeness (QED) is 0.630. The molecule has 0 atom stereocenters. The molecule has 1 aromatic carbocycles. The summed E-state index contributed by atoms with van der Waals surface area (Å²) in [6, 6.07) is 7.96. The molecule has 1 aliphatic heterocycles. The number of fused-ring (bicyclic) bond motifs is 3. The van der Waals surface area contributed by atoms with Gasteiger partial charge in [0.25, 0.3) is 0 Å². The number of hydrogen-bond donors (Lipinski definition) is 0. The Labute approximate surface area is 81.7 Å². The zero-order chi connectivity index (χ0) is 9.38. The fraction of sp³-hybridized carbons (Fsp3) is 0.273. The van der Waals surface area contributed by atoms with Gasteiger partial charge in [-0.2, -0.15) is 5.10 Å². The van der Waals surface area contributed by atoms with E-state index in [4.69, 9.17) is 4.74 Å². The summed E-state index contributed by atoms with van der Waals surface area (Å²) in [6.07, 6.45) is 2.02. The van der Waals surface area contributed by atoms with E-state index in [0.717, 1.165) is 41.8 Å². The minimum atomic E-state index is 0.794. The predicted molar refractivity (Wildman–Crippen MR) is 53.4 cm³/mol. The van der Waals surface area contributed by atoms with Crippen molar-refractivity contribution >= 4 is 10.9 Å². The van der Waals surface area contributed by atoms with Gasteiger partial charge in [-0.1, -0.05) is 12.1 Å². The topological polar surface area (TPSA) is 35.0 Å². The molecule has 0 fully saturated rings. The Morgan fingerprint density at radius 3 is 3.07 bits per heavy atom. The molecule has 3 nitrogen and oxygen atoms in total. The lowest BCUT2D eigenvalue weighted by molar-refractivity contribution is 0.287. The van der Waals surface area contributed by atoms with Crippen molar-refractivity contribution in [3.63, 3.8) is 0 Å². The van der Waals surface area contributed by atoms with Gasteiger partial charge in [0.1, 0.15) is 5.69 Å². The predicted octanol–water partition coefficient (Wildman–Crippen LogP) is 1.95. The van der Waals surface area contributed by atoms with Crippen molar-refractivity contribution in [3.05, 3.63) is 30.0 Å². The Bertz CT molecular complexity index is 482. The summed E-state index contributed by atoms with van der Waals surface area (Å²) >= 11 is 0. The molecule has 1 aromatic heterocycles. The first-order valence-corrected chi connectivity index (χ1v) is 4.82. The summed E-state index contributed by atoms with van der Waals surface area (Å²) in [4.78, 5) is 0. The molecule has 2 aromatic rings. The van der Waals surface area contributed by atoms with Crippen molar-refractivity contribution in [2.24, 2.45) is 0 Å². The molecular weight excluding hydrogens is 176 g/mol. The molecular formula is C11H10N2O. The number of rotatable bonds is 0. The molecule has 0 N–H and O–H groups in total. The van der Waals surface area contributed by atoms with E-state index in [-0.39, 0.29) is 0 Å². The lowest BCUT2D eigenvalue weighted by atomic mass is 10.1. The van der Waals surface area contributed by atoms with E-state index in [1.165, 1.54) is 0 Å². The SMILES string of the molecule is c1ccc2c3c(nnc2c1)CCCO3. The van der Waals surface area contributed by atoms with Crippen LogP contribution in [0.5, 0.6) is 5.75 Å². The maximum absolute atomic E-state index is 5.63.